The standard InChI is InChI=1S/C20H20N2O2/c1-12-9-10-16(11-13(12)2)21-19(23)15(4)22-14(3)17-7-5-6-8-18(17)20(22)24/h5-11,15H,3H2,1-2,4H3,(H,21,23)/t15-/m0/s1. The van der Waals surface area contributed by atoms with Crippen molar-refractivity contribution >= 4 is 23.2 Å². The van der Waals surface area contributed by atoms with Crippen LogP contribution >= 0.6 is 0 Å². The lowest BCUT2D eigenvalue weighted by Crippen LogP contribution is -2.41. The molecular weight excluding hydrogens is 300 g/mol. The second kappa shape index (κ2) is 5.96. The van der Waals surface area contributed by atoms with Crippen molar-refractivity contribution in [3.8, 4) is 0 Å². The van der Waals surface area contributed by atoms with Gasteiger partial charge in [0.05, 0.1) is 0 Å². The lowest BCUT2D eigenvalue weighted by molar-refractivity contribution is -0.119. The number of fused-ring (bicyclic) bond motifs is 1. The Balaban J connectivity index is 1.80. The predicted molar refractivity (Wildman–Crippen MR) is 95.7 cm³/mol. The zero-order valence-corrected chi connectivity index (χ0v) is 14.1. The highest BCUT2D eigenvalue weighted by molar-refractivity contribution is 6.11. The Morgan fingerprint density at radius 1 is 1.08 bits per heavy atom. The van der Waals surface area contributed by atoms with Crippen molar-refractivity contribution < 1.29 is 9.59 Å². The van der Waals surface area contributed by atoms with Gasteiger partial charge < -0.3 is 5.32 Å². The summed E-state index contributed by atoms with van der Waals surface area (Å²) in [5.74, 6) is -0.418. The van der Waals surface area contributed by atoms with Crippen molar-refractivity contribution in [2.24, 2.45) is 0 Å². The minimum absolute atomic E-state index is 0.182. The molecule has 2 aromatic rings. The van der Waals surface area contributed by atoms with Crippen LogP contribution in [0.4, 0.5) is 5.69 Å². The third-order valence-electron chi connectivity index (χ3n) is 4.52. The molecule has 0 fully saturated rings. The molecule has 2 aromatic carbocycles. The first-order valence-corrected chi connectivity index (χ1v) is 7.90. The maximum absolute atomic E-state index is 12.6. The number of nitrogens with zero attached hydrogens (tertiary/aromatic N) is 1. The quantitative estimate of drug-likeness (QED) is 0.936. The predicted octanol–water partition coefficient (Wildman–Crippen LogP) is 3.76. The van der Waals surface area contributed by atoms with Crippen LogP contribution in [0.1, 0.15) is 34.0 Å². The lowest BCUT2D eigenvalue weighted by atomic mass is 10.1. The smallest absolute Gasteiger partial charge is 0.259 e. The Morgan fingerprint density at radius 3 is 2.38 bits per heavy atom. The van der Waals surface area contributed by atoms with Crippen molar-refractivity contribution in [1.29, 1.82) is 0 Å². The first-order chi connectivity index (χ1) is 11.4. The van der Waals surface area contributed by atoms with E-state index >= 15 is 0 Å². The zero-order chi connectivity index (χ0) is 17.4. The van der Waals surface area contributed by atoms with E-state index in [2.05, 4.69) is 11.9 Å². The minimum atomic E-state index is -0.640. The van der Waals surface area contributed by atoms with Gasteiger partial charge in [0.25, 0.3) is 5.91 Å². The number of hydrogen-bond donors (Lipinski definition) is 1. The average molecular weight is 320 g/mol. The van der Waals surface area contributed by atoms with Gasteiger partial charge in [-0.25, -0.2) is 0 Å². The van der Waals surface area contributed by atoms with Gasteiger partial charge in [-0.3, -0.25) is 14.5 Å². The maximum Gasteiger partial charge on any atom is 0.259 e. The number of nitrogens with one attached hydrogen (secondary N) is 1. The van der Waals surface area contributed by atoms with E-state index < -0.39 is 6.04 Å². The summed E-state index contributed by atoms with van der Waals surface area (Å²) in [6.45, 7) is 9.72. The van der Waals surface area contributed by atoms with E-state index in [0.29, 0.717) is 11.3 Å². The molecule has 4 nitrogen and oxygen atoms in total. The highest BCUT2D eigenvalue weighted by atomic mass is 16.2. The molecule has 0 bridgehead atoms. The lowest BCUT2D eigenvalue weighted by Gasteiger charge is -2.24. The molecule has 3 rings (SSSR count). The first-order valence-electron chi connectivity index (χ1n) is 7.90. The Kier molecular flexibility index (Phi) is 3.97. The van der Waals surface area contributed by atoms with Gasteiger partial charge in [-0.05, 0) is 50.1 Å². The molecule has 24 heavy (non-hydrogen) atoms. The number of anilines is 1. The summed E-state index contributed by atoms with van der Waals surface area (Å²) in [5.41, 5.74) is 4.94. The van der Waals surface area contributed by atoms with E-state index in [0.717, 1.165) is 16.8 Å². The monoisotopic (exact) mass is 320 g/mol. The minimum Gasteiger partial charge on any atom is -0.324 e. The van der Waals surface area contributed by atoms with Crippen LogP contribution in [0.5, 0.6) is 0 Å². The van der Waals surface area contributed by atoms with Crippen molar-refractivity contribution in [2.45, 2.75) is 26.8 Å². The highest BCUT2D eigenvalue weighted by Crippen LogP contribution is 2.33. The summed E-state index contributed by atoms with van der Waals surface area (Å²) in [6, 6.07) is 12.4. The summed E-state index contributed by atoms with van der Waals surface area (Å²) in [7, 11) is 0. The third-order valence-corrected chi connectivity index (χ3v) is 4.52. The molecule has 1 aliphatic rings. The maximum atomic E-state index is 12.6. The molecule has 1 N–H and O–H groups in total. The van der Waals surface area contributed by atoms with Crippen LogP contribution < -0.4 is 5.32 Å². The summed E-state index contributed by atoms with van der Waals surface area (Å²) >= 11 is 0. The van der Waals surface area contributed by atoms with Gasteiger partial charge in [-0.1, -0.05) is 30.8 Å². The molecule has 2 amide bonds. The molecule has 0 saturated heterocycles. The number of carbonyl (C=O) groups is 2. The molecule has 0 radical (unpaired) electrons. The van der Waals surface area contributed by atoms with Crippen LogP contribution in [0.15, 0.2) is 49.0 Å². The normalized spacial score (nSPS) is 14.5. The van der Waals surface area contributed by atoms with Crippen molar-refractivity contribution in [1.82, 2.24) is 4.90 Å². The third kappa shape index (κ3) is 2.60. The van der Waals surface area contributed by atoms with Crippen LogP contribution in [0.2, 0.25) is 0 Å². The SMILES string of the molecule is C=C1c2ccccc2C(=O)N1[C@@H](C)C(=O)Nc1ccc(C)c(C)c1. The second-order valence-electron chi connectivity index (χ2n) is 6.13. The fraction of sp³-hybridized carbons (Fsp3) is 0.200. The van der Waals surface area contributed by atoms with Crippen LogP contribution in [-0.4, -0.2) is 22.8 Å². The number of carbonyl (C=O) groups excluding carboxylic acids is 2. The van der Waals surface area contributed by atoms with Crippen molar-refractivity contribution in [2.75, 3.05) is 5.32 Å². The molecule has 0 saturated carbocycles. The van der Waals surface area contributed by atoms with E-state index in [4.69, 9.17) is 0 Å². The molecular formula is C20H20N2O2. The molecule has 0 unspecified atom stereocenters. The van der Waals surface area contributed by atoms with Crippen molar-refractivity contribution in [3.05, 3.63) is 71.3 Å². The fourth-order valence-electron chi connectivity index (χ4n) is 2.90. The van der Waals surface area contributed by atoms with Crippen LogP contribution in [0.25, 0.3) is 5.70 Å². The van der Waals surface area contributed by atoms with Gasteiger partial charge in [0.2, 0.25) is 5.91 Å². The van der Waals surface area contributed by atoms with Gasteiger partial charge in [0, 0.05) is 22.5 Å². The summed E-state index contributed by atoms with van der Waals surface area (Å²) < 4.78 is 0. The molecule has 0 aliphatic carbocycles. The van der Waals surface area contributed by atoms with E-state index in [1.165, 1.54) is 10.5 Å². The highest BCUT2D eigenvalue weighted by Gasteiger charge is 2.36. The Morgan fingerprint density at radius 2 is 1.75 bits per heavy atom. The van der Waals surface area contributed by atoms with Gasteiger partial charge in [0.15, 0.2) is 0 Å². The number of rotatable bonds is 3. The molecule has 1 atom stereocenters. The van der Waals surface area contributed by atoms with Gasteiger partial charge in [-0.15, -0.1) is 0 Å². The van der Waals surface area contributed by atoms with E-state index in [1.54, 1.807) is 13.0 Å². The average Bonchev–Trinajstić information content (AvgIpc) is 2.82. The van der Waals surface area contributed by atoms with Crippen LogP contribution in [0, 0.1) is 13.8 Å². The number of aryl methyl sites for hydroxylation is 2. The molecule has 4 heteroatoms. The Labute approximate surface area is 141 Å². The van der Waals surface area contributed by atoms with Crippen LogP contribution in [-0.2, 0) is 4.79 Å². The summed E-state index contributed by atoms with van der Waals surface area (Å²) in [4.78, 5) is 26.6. The van der Waals surface area contributed by atoms with Crippen molar-refractivity contribution in [3.63, 3.8) is 0 Å². The van der Waals surface area contributed by atoms with E-state index in [9.17, 15) is 9.59 Å². The number of amides is 2. The number of hydrogen-bond acceptors (Lipinski definition) is 2. The van der Waals surface area contributed by atoms with Gasteiger partial charge in [0.1, 0.15) is 6.04 Å². The van der Waals surface area contributed by atoms with Gasteiger partial charge >= 0.3 is 0 Å². The Hall–Kier alpha value is -2.88. The van der Waals surface area contributed by atoms with Gasteiger partial charge in [-0.2, -0.15) is 0 Å². The Bertz CT molecular complexity index is 819. The molecule has 1 heterocycles. The number of benzene rings is 2. The topological polar surface area (TPSA) is 49.4 Å². The molecule has 1 aliphatic heterocycles. The fourth-order valence-corrected chi connectivity index (χ4v) is 2.90. The summed E-state index contributed by atoms with van der Waals surface area (Å²) in [6.07, 6.45) is 0. The summed E-state index contributed by atoms with van der Waals surface area (Å²) in [5, 5.41) is 2.88. The molecule has 0 spiro atoms. The van der Waals surface area contributed by atoms with Crippen LogP contribution in [0.3, 0.4) is 0 Å². The molecule has 0 aromatic heterocycles. The second-order valence-corrected chi connectivity index (χ2v) is 6.13. The largest absolute Gasteiger partial charge is 0.324 e. The first kappa shape index (κ1) is 16.0. The molecule has 122 valence electrons. The zero-order valence-electron chi connectivity index (χ0n) is 14.1. The van der Waals surface area contributed by atoms with E-state index in [-0.39, 0.29) is 11.8 Å². The van der Waals surface area contributed by atoms with E-state index in [1.807, 2.05) is 50.2 Å².